The summed E-state index contributed by atoms with van der Waals surface area (Å²) >= 11 is 0. The summed E-state index contributed by atoms with van der Waals surface area (Å²) in [5.74, 6) is 0.776. The molecule has 2 aromatic rings. The molecule has 30 heavy (non-hydrogen) atoms. The van der Waals surface area contributed by atoms with Crippen molar-refractivity contribution in [2.75, 3.05) is 6.54 Å². The molecule has 0 heterocycles. The molecule has 0 saturated heterocycles. The van der Waals surface area contributed by atoms with Gasteiger partial charge in [0.05, 0.1) is 6.10 Å². The Morgan fingerprint density at radius 2 is 1.60 bits per heavy atom. The lowest BCUT2D eigenvalue weighted by Gasteiger charge is -2.23. The first-order valence-electron chi connectivity index (χ1n) is 10.8. The molecule has 0 unspecified atom stereocenters. The Hall–Kier alpha value is -3.02. The van der Waals surface area contributed by atoms with Gasteiger partial charge in [-0.05, 0) is 68.0 Å². The average molecular weight is 410 g/mol. The first-order valence-corrected chi connectivity index (χ1v) is 10.8. The number of ether oxygens (including phenoxy) is 1. The Labute approximate surface area is 178 Å². The predicted molar refractivity (Wildman–Crippen MR) is 117 cm³/mol. The molecule has 0 atom stereocenters. The van der Waals surface area contributed by atoms with Crippen molar-refractivity contribution < 1.29 is 14.3 Å². The minimum atomic E-state index is -0.235. The minimum Gasteiger partial charge on any atom is -0.490 e. The van der Waals surface area contributed by atoms with Gasteiger partial charge in [0.15, 0.2) is 0 Å². The van der Waals surface area contributed by atoms with Gasteiger partial charge < -0.3 is 20.7 Å². The zero-order chi connectivity index (χ0) is 21.2. The van der Waals surface area contributed by atoms with Crippen molar-refractivity contribution in [3.63, 3.8) is 0 Å². The standard InChI is InChI=1S/C24H31N3O3/c1-2-25-23(28)20-13-11-18(12-14-20)16-26-24(29)27-17-19-7-6-10-22(15-19)30-21-8-4-3-5-9-21/h6-7,10-15,21H,2-5,8-9,16-17H2,1H3,(H,25,28)(H2,26,27,29). The van der Waals surface area contributed by atoms with Gasteiger partial charge in [-0.2, -0.15) is 0 Å². The largest absolute Gasteiger partial charge is 0.490 e. The fraction of sp³-hybridized carbons (Fsp3) is 0.417. The average Bonchev–Trinajstić information content (AvgIpc) is 2.78. The first kappa shape index (κ1) is 21.7. The van der Waals surface area contributed by atoms with E-state index in [1.165, 1.54) is 19.3 Å². The van der Waals surface area contributed by atoms with Crippen LogP contribution in [0, 0.1) is 0 Å². The quantitative estimate of drug-likeness (QED) is 0.613. The van der Waals surface area contributed by atoms with Crippen LogP contribution in [0.4, 0.5) is 4.79 Å². The van der Waals surface area contributed by atoms with Crippen LogP contribution < -0.4 is 20.7 Å². The molecule has 1 aliphatic rings. The molecule has 6 nitrogen and oxygen atoms in total. The molecular formula is C24H31N3O3. The number of amides is 3. The second kappa shape index (κ2) is 11.2. The third-order valence-corrected chi connectivity index (χ3v) is 5.21. The fourth-order valence-electron chi connectivity index (χ4n) is 3.57. The summed E-state index contributed by atoms with van der Waals surface area (Å²) in [6.07, 6.45) is 6.33. The molecular weight excluding hydrogens is 378 g/mol. The molecule has 0 spiro atoms. The highest BCUT2D eigenvalue weighted by Crippen LogP contribution is 2.23. The Morgan fingerprint density at radius 3 is 2.30 bits per heavy atom. The molecule has 0 bridgehead atoms. The molecule has 2 aromatic carbocycles. The number of rotatable bonds is 8. The van der Waals surface area contributed by atoms with Gasteiger partial charge in [-0.25, -0.2) is 4.79 Å². The second-order valence-electron chi connectivity index (χ2n) is 7.62. The van der Waals surface area contributed by atoms with E-state index in [2.05, 4.69) is 16.0 Å². The molecule has 1 saturated carbocycles. The molecule has 3 amide bonds. The van der Waals surface area contributed by atoms with E-state index < -0.39 is 0 Å². The van der Waals surface area contributed by atoms with Crippen LogP contribution in [0.2, 0.25) is 0 Å². The molecule has 160 valence electrons. The van der Waals surface area contributed by atoms with Crippen LogP contribution in [0.5, 0.6) is 5.75 Å². The van der Waals surface area contributed by atoms with E-state index in [1.807, 2.05) is 43.3 Å². The van der Waals surface area contributed by atoms with Gasteiger partial charge in [-0.15, -0.1) is 0 Å². The highest BCUT2D eigenvalue weighted by Gasteiger charge is 2.15. The van der Waals surface area contributed by atoms with Crippen LogP contribution in [0.15, 0.2) is 48.5 Å². The molecule has 1 aliphatic carbocycles. The maximum absolute atomic E-state index is 12.1. The number of urea groups is 1. The highest BCUT2D eigenvalue weighted by molar-refractivity contribution is 5.94. The molecule has 0 aliphatic heterocycles. The van der Waals surface area contributed by atoms with Crippen molar-refractivity contribution in [2.24, 2.45) is 0 Å². The zero-order valence-electron chi connectivity index (χ0n) is 17.6. The molecule has 1 fully saturated rings. The summed E-state index contributed by atoms with van der Waals surface area (Å²) < 4.78 is 6.09. The SMILES string of the molecule is CCNC(=O)c1ccc(CNC(=O)NCc2cccc(OC3CCCCC3)c2)cc1. The number of hydrogen-bond acceptors (Lipinski definition) is 3. The van der Waals surface area contributed by atoms with E-state index in [-0.39, 0.29) is 11.9 Å². The number of benzene rings is 2. The van der Waals surface area contributed by atoms with Crippen LogP contribution in [-0.4, -0.2) is 24.6 Å². The molecule has 0 radical (unpaired) electrons. The maximum atomic E-state index is 12.1. The summed E-state index contributed by atoms with van der Waals surface area (Å²) in [4.78, 5) is 23.9. The Morgan fingerprint density at radius 1 is 0.900 bits per heavy atom. The number of carbonyl (C=O) groups is 2. The van der Waals surface area contributed by atoms with E-state index >= 15 is 0 Å². The van der Waals surface area contributed by atoms with Gasteiger partial charge in [-0.3, -0.25) is 4.79 Å². The summed E-state index contributed by atoms with van der Waals surface area (Å²) in [5.41, 5.74) is 2.55. The van der Waals surface area contributed by atoms with Crippen LogP contribution in [0.3, 0.4) is 0 Å². The minimum absolute atomic E-state index is 0.0931. The summed E-state index contributed by atoms with van der Waals surface area (Å²) in [7, 11) is 0. The van der Waals surface area contributed by atoms with E-state index in [1.54, 1.807) is 12.1 Å². The Bertz CT molecular complexity index is 830. The number of carbonyl (C=O) groups excluding carboxylic acids is 2. The van der Waals surface area contributed by atoms with Crippen molar-refractivity contribution in [1.82, 2.24) is 16.0 Å². The summed E-state index contributed by atoms with van der Waals surface area (Å²) in [6, 6.07) is 14.9. The monoisotopic (exact) mass is 409 g/mol. The zero-order valence-corrected chi connectivity index (χ0v) is 17.6. The normalized spacial score (nSPS) is 14.0. The Balaban J connectivity index is 1.42. The molecule has 6 heteroatoms. The van der Waals surface area contributed by atoms with Gasteiger partial charge in [0.1, 0.15) is 5.75 Å². The van der Waals surface area contributed by atoms with Crippen LogP contribution >= 0.6 is 0 Å². The summed E-state index contributed by atoms with van der Waals surface area (Å²) in [6.45, 7) is 3.31. The van der Waals surface area contributed by atoms with Gasteiger partial charge in [0, 0.05) is 25.2 Å². The van der Waals surface area contributed by atoms with Gasteiger partial charge in [0.2, 0.25) is 0 Å². The second-order valence-corrected chi connectivity index (χ2v) is 7.62. The van der Waals surface area contributed by atoms with E-state index in [0.29, 0.717) is 31.3 Å². The third-order valence-electron chi connectivity index (χ3n) is 5.21. The lowest BCUT2D eigenvalue weighted by atomic mass is 9.98. The topological polar surface area (TPSA) is 79.5 Å². The van der Waals surface area contributed by atoms with Crippen LogP contribution in [-0.2, 0) is 13.1 Å². The highest BCUT2D eigenvalue weighted by atomic mass is 16.5. The van der Waals surface area contributed by atoms with Crippen molar-refractivity contribution >= 4 is 11.9 Å². The van der Waals surface area contributed by atoms with Crippen molar-refractivity contribution in [3.05, 3.63) is 65.2 Å². The van der Waals surface area contributed by atoms with Crippen molar-refractivity contribution in [2.45, 2.75) is 58.2 Å². The van der Waals surface area contributed by atoms with E-state index in [9.17, 15) is 9.59 Å². The van der Waals surface area contributed by atoms with Gasteiger partial charge in [-0.1, -0.05) is 30.7 Å². The number of hydrogen-bond donors (Lipinski definition) is 3. The predicted octanol–water partition coefficient (Wildman–Crippen LogP) is 4.15. The lowest BCUT2D eigenvalue weighted by molar-refractivity contribution is 0.0955. The van der Waals surface area contributed by atoms with Crippen LogP contribution in [0.25, 0.3) is 0 Å². The maximum Gasteiger partial charge on any atom is 0.315 e. The summed E-state index contributed by atoms with van der Waals surface area (Å²) in [5, 5.41) is 8.48. The molecule has 0 aromatic heterocycles. The van der Waals surface area contributed by atoms with E-state index in [0.717, 1.165) is 29.7 Å². The van der Waals surface area contributed by atoms with E-state index in [4.69, 9.17) is 4.74 Å². The molecule has 3 N–H and O–H groups in total. The fourth-order valence-corrected chi connectivity index (χ4v) is 3.57. The lowest BCUT2D eigenvalue weighted by Crippen LogP contribution is -2.34. The van der Waals surface area contributed by atoms with Gasteiger partial charge >= 0.3 is 6.03 Å². The van der Waals surface area contributed by atoms with Gasteiger partial charge in [0.25, 0.3) is 5.91 Å². The van der Waals surface area contributed by atoms with Crippen molar-refractivity contribution in [3.8, 4) is 5.75 Å². The number of nitrogens with one attached hydrogen (secondary N) is 3. The van der Waals surface area contributed by atoms with Crippen molar-refractivity contribution in [1.29, 1.82) is 0 Å². The smallest absolute Gasteiger partial charge is 0.315 e. The molecule has 3 rings (SSSR count). The Kier molecular flexibility index (Phi) is 8.12. The third kappa shape index (κ3) is 6.79. The first-order chi connectivity index (χ1) is 14.6. The van der Waals surface area contributed by atoms with Crippen LogP contribution in [0.1, 0.15) is 60.5 Å².